The Bertz CT molecular complexity index is 918. The van der Waals surface area contributed by atoms with Crippen LogP contribution in [0.1, 0.15) is 39.5 Å². The maximum atomic E-state index is 13.7. The molecule has 1 aliphatic rings. The number of hydrogen-bond donors (Lipinski definition) is 3. The molecule has 1 aliphatic heterocycles. The van der Waals surface area contributed by atoms with Gasteiger partial charge in [-0.3, -0.25) is 34.2 Å². The Morgan fingerprint density at radius 1 is 1.24 bits per heavy atom. The summed E-state index contributed by atoms with van der Waals surface area (Å²) in [6.07, 6.45) is 0.479. The van der Waals surface area contributed by atoms with E-state index in [4.69, 9.17) is 16.6 Å². The van der Waals surface area contributed by atoms with E-state index >= 15 is 0 Å². The number of nitro benzene ring substituents is 1. The van der Waals surface area contributed by atoms with Crippen molar-refractivity contribution in [1.82, 2.24) is 4.90 Å². The summed E-state index contributed by atoms with van der Waals surface area (Å²) in [4.78, 5) is 62.6. The van der Waals surface area contributed by atoms with Crippen molar-refractivity contribution in [3.8, 4) is 0 Å². The predicted octanol–water partition coefficient (Wildman–Crippen LogP) is 0.621. The molecule has 0 radical (unpaired) electrons. The lowest BCUT2D eigenvalue weighted by Gasteiger charge is -2.36. The van der Waals surface area contributed by atoms with E-state index in [0.717, 1.165) is 0 Å². The summed E-state index contributed by atoms with van der Waals surface area (Å²) in [6, 6.07) is 2.07. The first kappa shape index (κ1) is 25.7. The minimum Gasteiger partial charge on any atom is -0.481 e. The van der Waals surface area contributed by atoms with Gasteiger partial charge in [0.25, 0.3) is 11.6 Å². The summed E-state index contributed by atoms with van der Waals surface area (Å²) in [5.74, 6) is -3.33. The molecule has 1 aromatic carbocycles. The Morgan fingerprint density at radius 2 is 1.85 bits per heavy atom. The molecule has 1 fully saturated rings. The number of rotatable bonds is 10. The number of likely N-dealkylation sites (tertiary alicyclic amines) is 1. The zero-order valence-corrected chi connectivity index (χ0v) is 18.5. The fourth-order valence-corrected chi connectivity index (χ4v) is 3.98. The smallest absolute Gasteiger partial charge is 0.303 e. The standard InChI is InChI=1S/C21H29N5O7/c1-12(2)18(19(23)29)25(13-5-7-14(8-6-13)26(32)33)21(31)16-4-3-11-24(16)20(30)15(22)9-10-17(27)28/h5-8,12,15-16,18H,3-4,9-11,22H2,1-2H3,(H2,23,29)(H,27,28)/t15-,16-,18-/m0/s1. The molecule has 1 aromatic rings. The molecule has 0 spiro atoms. The van der Waals surface area contributed by atoms with Gasteiger partial charge in [-0.1, -0.05) is 13.8 Å². The Labute approximate surface area is 190 Å². The van der Waals surface area contributed by atoms with Crippen LogP contribution in [0.25, 0.3) is 0 Å². The third-order valence-corrected chi connectivity index (χ3v) is 5.58. The van der Waals surface area contributed by atoms with Crippen LogP contribution in [0.2, 0.25) is 0 Å². The third-order valence-electron chi connectivity index (χ3n) is 5.58. The number of carbonyl (C=O) groups excluding carboxylic acids is 3. The van der Waals surface area contributed by atoms with E-state index in [9.17, 15) is 29.3 Å². The highest BCUT2D eigenvalue weighted by Gasteiger charge is 2.42. The van der Waals surface area contributed by atoms with Gasteiger partial charge in [0, 0.05) is 30.8 Å². The largest absolute Gasteiger partial charge is 0.481 e. The third kappa shape index (κ3) is 6.04. The van der Waals surface area contributed by atoms with Gasteiger partial charge in [0.1, 0.15) is 12.1 Å². The highest BCUT2D eigenvalue weighted by molar-refractivity contribution is 6.04. The molecule has 1 heterocycles. The molecule has 3 amide bonds. The molecule has 180 valence electrons. The van der Waals surface area contributed by atoms with Crippen molar-refractivity contribution < 1.29 is 29.2 Å². The molecule has 1 saturated heterocycles. The Balaban J connectivity index is 2.40. The molecule has 0 unspecified atom stereocenters. The lowest BCUT2D eigenvalue weighted by atomic mass is 9.99. The predicted molar refractivity (Wildman–Crippen MR) is 118 cm³/mol. The first-order valence-corrected chi connectivity index (χ1v) is 10.6. The molecule has 5 N–H and O–H groups in total. The molecule has 12 nitrogen and oxygen atoms in total. The number of carboxylic acids is 1. The van der Waals surface area contributed by atoms with Crippen LogP contribution in [-0.2, 0) is 19.2 Å². The Kier molecular flexibility index (Phi) is 8.46. The number of carboxylic acid groups (broad SMARTS) is 1. The summed E-state index contributed by atoms with van der Waals surface area (Å²) in [5, 5.41) is 19.9. The van der Waals surface area contributed by atoms with Crippen LogP contribution < -0.4 is 16.4 Å². The lowest BCUT2D eigenvalue weighted by molar-refractivity contribution is -0.384. The minimum absolute atomic E-state index is 0.0758. The van der Waals surface area contributed by atoms with Crippen molar-refractivity contribution >= 4 is 35.1 Å². The first-order valence-electron chi connectivity index (χ1n) is 10.6. The number of nitro groups is 1. The number of amides is 3. The van der Waals surface area contributed by atoms with Crippen molar-refractivity contribution in [2.75, 3.05) is 11.4 Å². The number of anilines is 1. The number of carbonyl (C=O) groups is 4. The molecule has 2 rings (SSSR count). The van der Waals surface area contributed by atoms with Gasteiger partial charge in [0.2, 0.25) is 11.8 Å². The number of non-ortho nitro benzene ring substituents is 1. The van der Waals surface area contributed by atoms with Crippen molar-refractivity contribution in [1.29, 1.82) is 0 Å². The zero-order valence-electron chi connectivity index (χ0n) is 18.5. The van der Waals surface area contributed by atoms with E-state index in [-0.39, 0.29) is 36.7 Å². The highest BCUT2D eigenvalue weighted by Crippen LogP contribution is 2.29. The normalized spacial score (nSPS) is 17.5. The molecule has 0 aromatic heterocycles. The molecule has 0 saturated carbocycles. The van der Waals surface area contributed by atoms with E-state index < -0.39 is 46.7 Å². The van der Waals surface area contributed by atoms with Crippen LogP contribution in [0.3, 0.4) is 0 Å². The summed E-state index contributed by atoms with van der Waals surface area (Å²) < 4.78 is 0. The summed E-state index contributed by atoms with van der Waals surface area (Å²) >= 11 is 0. The SMILES string of the molecule is CC(C)[C@@H](C(N)=O)N(C(=O)[C@@H]1CCCN1C(=O)[C@@H](N)CCC(=O)O)c1ccc([N+](=O)[O-])cc1. The van der Waals surface area contributed by atoms with Crippen LogP contribution in [0, 0.1) is 16.0 Å². The van der Waals surface area contributed by atoms with E-state index in [0.29, 0.717) is 12.8 Å². The van der Waals surface area contributed by atoms with Gasteiger partial charge in [-0.2, -0.15) is 0 Å². The highest BCUT2D eigenvalue weighted by atomic mass is 16.6. The Hall–Kier alpha value is -3.54. The van der Waals surface area contributed by atoms with Gasteiger partial charge in [0.15, 0.2) is 0 Å². The van der Waals surface area contributed by atoms with Crippen LogP contribution >= 0.6 is 0 Å². The average molecular weight is 463 g/mol. The average Bonchev–Trinajstić information content (AvgIpc) is 3.24. The summed E-state index contributed by atoms with van der Waals surface area (Å²) in [5.41, 5.74) is 11.5. The molecule has 12 heteroatoms. The topological polar surface area (TPSA) is 190 Å². The number of benzene rings is 1. The molecule has 0 aliphatic carbocycles. The van der Waals surface area contributed by atoms with Gasteiger partial charge in [0.05, 0.1) is 11.0 Å². The second-order valence-electron chi connectivity index (χ2n) is 8.30. The fraction of sp³-hybridized carbons (Fsp3) is 0.524. The van der Waals surface area contributed by atoms with Crippen LogP contribution in [-0.4, -0.2) is 63.3 Å². The number of nitrogens with zero attached hydrogens (tertiary/aromatic N) is 3. The quantitative estimate of drug-likeness (QED) is 0.332. The van der Waals surface area contributed by atoms with Crippen molar-refractivity contribution in [2.45, 2.75) is 57.7 Å². The van der Waals surface area contributed by atoms with E-state index in [1.54, 1.807) is 13.8 Å². The van der Waals surface area contributed by atoms with Gasteiger partial charge >= 0.3 is 5.97 Å². The van der Waals surface area contributed by atoms with Crippen LogP contribution in [0.4, 0.5) is 11.4 Å². The maximum absolute atomic E-state index is 13.7. The summed E-state index contributed by atoms with van der Waals surface area (Å²) in [7, 11) is 0. The first-order chi connectivity index (χ1) is 15.5. The van der Waals surface area contributed by atoms with Gasteiger partial charge < -0.3 is 21.5 Å². The van der Waals surface area contributed by atoms with Gasteiger partial charge in [-0.25, -0.2) is 0 Å². The minimum atomic E-state index is -1.09. The van der Waals surface area contributed by atoms with Gasteiger partial charge in [-0.15, -0.1) is 0 Å². The van der Waals surface area contributed by atoms with Crippen LogP contribution in [0.15, 0.2) is 24.3 Å². The van der Waals surface area contributed by atoms with E-state index in [1.807, 2.05) is 0 Å². The van der Waals surface area contributed by atoms with Crippen molar-refractivity contribution in [3.05, 3.63) is 34.4 Å². The maximum Gasteiger partial charge on any atom is 0.303 e. The molecular formula is C21H29N5O7. The number of aliphatic carboxylic acids is 1. The molecule has 0 bridgehead atoms. The monoisotopic (exact) mass is 463 g/mol. The number of nitrogens with two attached hydrogens (primary N) is 2. The molecular weight excluding hydrogens is 434 g/mol. The van der Waals surface area contributed by atoms with Crippen LogP contribution in [0.5, 0.6) is 0 Å². The number of primary amides is 1. The zero-order chi connectivity index (χ0) is 24.9. The molecule has 33 heavy (non-hydrogen) atoms. The fourth-order valence-electron chi connectivity index (χ4n) is 3.98. The second-order valence-corrected chi connectivity index (χ2v) is 8.30. The number of hydrogen-bond acceptors (Lipinski definition) is 7. The summed E-state index contributed by atoms with van der Waals surface area (Å²) in [6.45, 7) is 3.67. The van der Waals surface area contributed by atoms with E-state index in [1.165, 1.54) is 34.1 Å². The Morgan fingerprint density at radius 3 is 2.33 bits per heavy atom. The van der Waals surface area contributed by atoms with Crippen molar-refractivity contribution in [2.24, 2.45) is 17.4 Å². The van der Waals surface area contributed by atoms with Crippen molar-refractivity contribution in [3.63, 3.8) is 0 Å². The van der Waals surface area contributed by atoms with Gasteiger partial charge in [-0.05, 0) is 37.3 Å². The molecule has 3 atom stereocenters. The van der Waals surface area contributed by atoms with E-state index in [2.05, 4.69) is 0 Å². The lowest BCUT2D eigenvalue weighted by Crippen LogP contribution is -2.58. The second kappa shape index (κ2) is 10.9.